The predicted molar refractivity (Wildman–Crippen MR) is 99.1 cm³/mol. The zero-order valence-electron chi connectivity index (χ0n) is 15.2. The predicted octanol–water partition coefficient (Wildman–Crippen LogP) is 4.18. The van der Waals surface area contributed by atoms with Crippen LogP contribution >= 0.6 is 0 Å². The van der Waals surface area contributed by atoms with E-state index >= 15 is 0 Å². The van der Waals surface area contributed by atoms with Gasteiger partial charge in [-0.15, -0.1) is 0 Å². The molecule has 3 aromatic rings. The summed E-state index contributed by atoms with van der Waals surface area (Å²) in [6.45, 7) is 2.54. The number of hydrogen-bond donors (Lipinski definition) is 0. The molecule has 2 heterocycles. The van der Waals surface area contributed by atoms with Crippen LogP contribution in [0.15, 0.2) is 53.3 Å². The van der Waals surface area contributed by atoms with Crippen LogP contribution in [0, 0.1) is 5.92 Å². The molecular weight excluding hydrogens is 342 g/mol. The van der Waals surface area contributed by atoms with Gasteiger partial charge < -0.3 is 9.26 Å². The first-order valence-corrected chi connectivity index (χ1v) is 9.16. The molecule has 0 N–H and O–H groups in total. The molecule has 0 saturated heterocycles. The molecule has 0 spiro atoms. The van der Waals surface area contributed by atoms with Crippen LogP contribution in [0.4, 0.5) is 0 Å². The summed E-state index contributed by atoms with van der Waals surface area (Å²) < 4.78 is 11.3. The third-order valence-corrected chi connectivity index (χ3v) is 4.97. The number of hydrogen-bond acceptors (Lipinski definition) is 6. The quantitative estimate of drug-likeness (QED) is 0.676. The lowest BCUT2D eigenvalue weighted by Gasteiger charge is -2.24. The molecule has 1 fully saturated rings. The van der Waals surface area contributed by atoms with Crippen LogP contribution in [0.25, 0.3) is 11.4 Å². The summed E-state index contributed by atoms with van der Waals surface area (Å²) in [5.41, 5.74) is 1.89. The van der Waals surface area contributed by atoms with Gasteiger partial charge in [-0.1, -0.05) is 18.1 Å². The van der Waals surface area contributed by atoms with E-state index in [4.69, 9.17) is 9.26 Å². The molecular formula is C21H21N3O3. The summed E-state index contributed by atoms with van der Waals surface area (Å²) >= 11 is 0. The van der Waals surface area contributed by atoms with Gasteiger partial charge in [0.05, 0.1) is 0 Å². The number of benzene rings is 1. The van der Waals surface area contributed by atoms with Crippen LogP contribution in [0.3, 0.4) is 0 Å². The Hall–Kier alpha value is -3.02. The Morgan fingerprint density at radius 1 is 1.22 bits per heavy atom. The molecule has 0 aliphatic heterocycles. The monoisotopic (exact) mass is 363 g/mol. The van der Waals surface area contributed by atoms with Crippen LogP contribution in [-0.2, 0) is 11.4 Å². The molecule has 1 saturated carbocycles. The topological polar surface area (TPSA) is 78.1 Å². The average Bonchev–Trinajstić information content (AvgIpc) is 3.17. The van der Waals surface area contributed by atoms with Crippen LogP contribution in [0.5, 0.6) is 5.75 Å². The molecule has 6 nitrogen and oxygen atoms in total. The zero-order valence-corrected chi connectivity index (χ0v) is 15.2. The standard InChI is InChI=1S/C21H21N3O3/c1-14-11-17(25)6-9-19(14)21-23-20(24-27-21)16-4-7-18(8-5-16)26-13-15-3-2-10-22-12-15/h2-5,7-8,10,12,14,19H,6,9,11,13H2,1H3. The Bertz CT molecular complexity index is 906. The van der Waals surface area contributed by atoms with Gasteiger partial charge in [-0.2, -0.15) is 4.98 Å². The lowest BCUT2D eigenvalue weighted by atomic mass is 9.80. The molecule has 0 bridgehead atoms. The van der Waals surface area contributed by atoms with E-state index in [0.717, 1.165) is 23.3 Å². The van der Waals surface area contributed by atoms with Gasteiger partial charge in [-0.05, 0) is 42.7 Å². The van der Waals surface area contributed by atoms with Gasteiger partial charge >= 0.3 is 0 Å². The minimum Gasteiger partial charge on any atom is -0.489 e. The van der Waals surface area contributed by atoms with Gasteiger partial charge in [-0.25, -0.2) is 0 Å². The third kappa shape index (κ3) is 4.05. The third-order valence-electron chi connectivity index (χ3n) is 4.97. The number of pyridine rings is 1. The van der Waals surface area contributed by atoms with Gasteiger partial charge in [0.2, 0.25) is 11.7 Å². The maximum absolute atomic E-state index is 11.6. The van der Waals surface area contributed by atoms with Crippen molar-refractivity contribution in [3.8, 4) is 17.1 Å². The minimum absolute atomic E-state index is 0.158. The molecule has 2 aromatic heterocycles. The van der Waals surface area contributed by atoms with Gasteiger partial charge in [0.1, 0.15) is 18.1 Å². The Kier molecular flexibility index (Phi) is 4.96. The highest BCUT2D eigenvalue weighted by Crippen LogP contribution is 2.36. The van der Waals surface area contributed by atoms with E-state index < -0.39 is 0 Å². The van der Waals surface area contributed by atoms with E-state index in [0.29, 0.717) is 36.9 Å². The zero-order chi connectivity index (χ0) is 18.6. The molecule has 1 aromatic carbocycles. The van der Waals surface area contributed by atoms with Crippen LogP contribution in [0.2, 0.25) is 0 Å². The SMILES string of the molecule is CC1CC(=O)CCC1c1nc(-c2ccc(OCc3cccnc3)cc2)no1. The Labute approximate surface area is 157 Å². The number of carbonyl (C=O) groups is 1. The molecule has 1 aliphatic rings. The maximum atomic E-state index is 11.6. The molecule has 1 aliphatic carbocycles. The first-order chi connectivity index (χ1) is 13.2. The lowest BCUT2D eigenvalue weighted by molar-refractivity contribution is -0.121. The normalized spacial score (nSPS) is 19.8. The van der Waals surface area contributed by atoms with Gasteiger partial charge in [0.25, 0.3) is 0 Å². The lowest BCUT2D eigenvalue weighted by Crippen LogP contribution is -2.21. The second kappa shape index (κ2) is 7.70. The molecule has 4 rings (SSSR count). The summed E-state index contributed by atoms with van der Waals surface area (Å²) in [7, 11) is 0. The first kappa shape index (κ1) is 17.4. The molecule has 0 amide bonds. The van der Waals surface area contributed by atoms with Crippen LogP contribution in [0.1, 0.15) is 43.6 Å². The summed E-state index contributed by atoms with van der Waals surface area (Å²) in [4.78, 5) is 20.2. The van der Waals surface area contributed by atoms with Crippen LogP contribution < -0.4 is 4.74 Å². The number of carbonyl (C=O) groups excluding carboxylic acids is 1. The summed E-state index contributed by atoms with van der Waals surface area (Å²) in [6.07, 6.45) is 5.49. The largest absolute Gasteiger partial charge is 0.489 e. The number of nitrogens with zero attached hydrogens (tertiary/aromatic N) is 3. The maximum Gasteiger partial charge on any atom is 0.230 e. The number of ketones is 1. The van der Waals surface area contributed by atoms with E-state index in [1.54, 1.807) is 12.4 Å². The first-order valence-electron chi connectivity index (χ1n) is 9.16. The fraction of sp³-hybridized carbons (Fsp3) is 0.333. The van der Waals surface area contributed by atoms with Crippen molar-refractivity contribution in [1.82, 2.24) is 15.1 Å². The highest BCUT2D eigenvalue weighted by Gasteiger charge is 2.31. The van der Waals surface area contributed by atoms with Crippen LogP contribution in [-0.4, -0.2) is 20.9 Å². The molecule has 27 heavy (non-hydrogen) atoms. The Morgan fingerprint density at radius 2 is 2.07 bits per heavy atom. The fourth-order valence-electron chi connectivity index (χ4n) is 3.42. The summed E-state index contributed by atoms with van der Waals surface area (Å²) in [6, 6.07) is 11.5. The molecule has 2 unspecified atom stereocenters. The second-order valence-corrected chi connectivity index (χ2v) is 7.00. The van der Waals surface area contributed by atoms with Crippen molar-refractivity contribution in [3.63, 3.8) is 0 Å². The van der Waals surface area contributed by atoms with Crippen molar-refractivity contribution >= 4 is 5.78 Å². The molecule has 138 valence electrons. The van der Waals surface area contributed by atoms with E-state index in [1.165, 1.54) is 0 Å². The van der Waals surface area contributed by atoms with Crippen molar-refractivity contribution in [2.45, 2.75) is 38.7 Å². The van der Waals surface area contributed by atoms with Crippen molar-refractivity contribution in [1.29, 1.82) is 0 Å². The van der Waals surface area contributed by atoms with Gasteiger partial charge in [-0.3, -0.25) is 9.78 Å². The molecule has 2 atom stereocenters. The Balaban J connectivity index is 1.42. The van der Waals surface area contributed by atoms with E-state index in [9.17, 15) is 4.79 Å². The minimum atomic E-state index is 0.158. The number of aromatic nitrogens is 3. The number of rotatable bonds is 5. The smallest absolute Gasteiger partial charge is 0.230 e. The summed E-state index contributed by atoms with van der Waals surface area (Å²) in [5, 5.41) is 4.12. The Morgan fingerprint density at radius 3 is 2.81 bits per heavy atom. The number of Topliss-reactive ketones (excluding diaryl/α,β-unsaturated/α-hetero) is 1. The van der Waals surface area contributed by atoms with E-state index in [1.807, 2.05) is 36.4 Å². The number of ether oxygens (including phenoxy) is 1. The second-order valence-electron chi connectivity index (χ2n) is 7.00. The molecule has 0 radical (unpaired) electrons. The van der Waals surface area contributed by atoms with E-state index in [2.05, 4.69) is 22.0 Å². The average molecular weight is 363 g/mol. The van der Waals surface area contributed by atoms with Gasteiger partial charge in [0, 0.05) is 42.3 Å². The van der Waals surface area contributed by atoms with E-state index in [-0.39, 0.29) is 11.8 Å². The van der Waals surface area contributed by atoms with Crippen molar-refractivity contribution < 1.29 is 14.1 Å². The van der Waals surface area contributed by atoms with Crippen molar-refractivity contribution in [2.75, 3.05) is 0 Å². The fourth-order valence-corrected chi connectivity index (χ4v) is 3.42. The summed E-state index contributed by atoms with van der Waals surface area (Å²) in [5.74, 6) is 2.68. The van der Waals surface area contributed by atoms with Gasteiger partial charge in [0.15, 0.2) is 0 Å². The highest BCUT2D eigenvalue weighted by atomic mass is 16.5. The highest BCUT2D eigenvalue weighted by molar-refractivity contribution is 5.79. The van der Waals surface area contributed by atoms with Crippen molar-refractivity contribution in [3.05, 3.63) is 60.2 Å². The van der Waals surface area contributed by atoms with Crippen molar-refractivity contribution in [2.24, 2.45) is 5.92 Å². The molecule has 6 heteroatoms.